The van der Waals surface area contributed by atoms with E-state index in [2.05, 4.69) is 5.10 Å². The van der Waals surface area contributed by atoms with Crippen LogP contribution in [0.4, 0.5) is 10.1 Å². The summed E-state index contributed by atoms with van der Waals surface area (Å²) in [6.07, 6.45) is 2.64. The van der Waals surface area contributed by atoms with Gasteiger partial charge in [0.25, 0.3) is 10.0 Å². The Kier molecular flexibility index (Phi) is 3.56. The van der Waals surface area contributed by atoms with E-state index in [4.69, 9.17) is 5.73 Å². The Morgan fingerprint density at radius 2 is 2.00 bits per heavy atom. The van der Waals surface area contributed by atoms with Crippen molar-refractivity contribution in [2.75, 3.05) is 5.73 Å². The summed E-state index contributed by atoms with van der Waals surface area (Å²) < 4.78 is 39.0. The summed E-state index contributed by atoms with van der Waals surface area (Å²) in [7, 11) is -3.54. The molecular weight excluding hydrogens is 281 g/mol. The van der Waals surface area contributed by atoms with Crippen LogP contribution in [0.2, 0.25) is 0 Å². The first-order chi connectivity index (χ1) is 9.25. The first-order valence-electron chi connectivity index (χ1n) is 6.09. The maximum Gasteiger partial charge on any atom is 0.256 e. The Hall–Kier alpha value is -1.89. The van der Waals surface area contributed by atoms with E-state index in [1.54, 1.807) is 26.8 Å². The average Bonchev–Trinajstić information content (AvgIpc) is 2.86. The number of rotatable bonds is 3. The maximum atomic E-state index is 14.1. The summed E-state index contributed by atoms with van der Waals surface area (Å²) in [5.41, 5.74) is 6.99. The topological polar surface area (TPSA) is 78.0 Å². The second-order valence-corrected chi connectivity index (χ2v) is 7.18. The molecule has 0 fully saturated rings. The van der Waals surface area contributed by atoms with Gasteiger partial charge in [-0.15, -0.1) is 0 Å². The SMILES string of the molecule is Cc1c(N)ccc(-c2cnn(S(=O)(=O)C(C)C)c2)c1F. The molecule has 7 heteroatoms. The molecule has 0 saturated carbocycles. The smallest absolute Gasteiger partial charge is 0.256 e. The third-order valence-corrected chi connectivity index (χ3v) is 5.07. The molecule has 0 aliphatic rings. The van der Waals surface area contributed by atoms with Crippen LogP contribution >= 0.6 is 0 Å². The van der Waals surface area contributed by atoms with Gasteiger partial charge in [-0.3, -0.25) is 0 Å². The first kappa shape index (κ1) is 14.5. The lowest BCUT2D eigenvalue weighted by Crippen LogP contribution is -2.22. The number of nitrogens with two attached hydrogens (primary N) is 1. The minimum atomic E-state index is -3.54. The van der Waals surface area contributed by atoms with Gasteiger partial charge in [-0.2, -0.15) is 9.19 Å². The molecule has 0 amide bonds. The number of benzene rings is 1. The van der Waals surface area contributed by atoms with Gasteiger partial charge in [-0.05, 0) is 32.9 Å². The van der Waals surface area contributed by atoms with Crippen LogP contribution in [-0.4, -0.2) is 22.9 Å². The second-order valence-electron chi connectivity index (χ2n) is 4.84. The van der Waals surface area contributed by atoms with Gasteiger partial charge >= 0.3 is 0 Å². The number of hydrogen-bond donors (Lipinski definition) is 1. The number of anilines is 1. The van der Waals surface area contributed by atoms with Crippen LogP contribution < -0.4 is 5.73 Å². The summed E-state index contributed by atoms with van der Waals surface area (Å²) in [6, 6.07) is 3.10. The van der Waals surface area contributed by atoms with Crippen LogP contribution in [0.15, 0.2) is 24.5 Å². The van der Waals surface area contributed by atoms with E-state index >= 15 is 0 Å². The fraction of sp³-hybridized carbons (Fsp3) is 0.308. The Balaban J connectivity index is 2.53. The molecule has 0 unspecified atom stereocenters. The van der Waals surface area contributed by atoms with Gasteiger partial charge in [0.05, 0.1) is 17.6 Å². The van der Waals surface area contributed by atoms with Crippen LogP contribution in [0.3, 0.4) is 0 Å². The average molecular weight is 297 g/mol. The zero-order chi connectivity index (χ0) is 15.1. The molecule has 108 valence electrons. The Bertz CT molecular complexity index is 751. The Labute approximate surface area is 117 Å². The van der Waals surface area contributed by atoms with Gasteiger partial charge in [0.1, 0.15) is 5.82 Å². The van der Waals surface area contributed by atoms with Crippen molar-refractivity contribution < 1.29 is 12.8 Å². The van der Waals surface area contributed by atoms with E-state index in [-0.39, 0.29) is 5.56 Å². The van der Waals surface area contributed by atoms with E-state index in [1.165, 1.54) is 18.5 Å². The number of aromatic nitrogens is 2. The highest BCUT2D eigenvalue weighted by atomic mass is 32.2. The molecule has 1 heterocycles. The van der Waals surface area contributed by atoms with Gasteiger partial charge in [0.2, 0.25) is 0 Å². The zero-order valence-electron chi connectivity index (χ0n) is 11.5. The third kappa shape index (κ3) is 2.29. The lowest BCUT2D eigenvalue weighted by Gasteiger charge is -2.07. The minimum absolute atomic E-state index is 0.280. The lowest BCUT2D eigenvalue weighted by atomic mass is 10.0. The first-order valence-corrected chi connectivity index (χ1v) is 7.59. The molecule has 20 heavy (non-hydrogen) atoms. The summed E-state index contributed by atoms with van der Waals surface area (Å²) in [5.74, 6) is -0.466. The van der Waals surface area contributed by atoms with Gasteiger partial charge < -0.3 is 5.73 Å². The van der Waals surface area contributed by atoms with E-state index in [9.17, 15) is 12.8 Å². The highest BCUT2D eigenvalue weighted by Gasteiger charge is 2.20. The van der Waals surface area contributed by atoms with E-state index in [0.717, 1.165) is 4.09 Å². The van der Waals surface area contributed by atoms with Gasteiger partial charge in [0.15, 0.2) is 0 Å². The summed E-state index contributed by atoms with van der Waals surface area (Å²) >= 11 is 0. The molecule has 0 radical (unpaired) electrons. The van der Waals surface area contributed by atoms with Gasteiger partial charge in [-0.1, -0.05) is 0 Å². The van der Waals surface area contributed by atoms with Crippen LogP contribution in [0, 0.1) is 12.7 Å². The van der Waals surface area contributed by atoms with E-state index in [1.807, 2.05) is 0 Å². The van der Waals surface area contributed by atoms with Gasteiger partial charge in [0, 0.05) is 22.4 Å². The van der Waals surface area contributed by atoms with E-state index < -0.39 is 21.1 Å². The van der Waals surface area contributed by atoms with E-state index in [0.29, 0.717) is 16.8 Å². The standard InChI is InChI=1S/C13H16FN3O2S/c1-8(2)20(18,19)17-7-10(6-16-17)11-4-5-12(15)9(3)13(11)14/h4-8H,15H2,1-3H3. The Morgan fingerprint density at radius 1 is 1.35 bits per heavy atom. The van der Waals surface area contributed by atoms with Crippen LogP contribution in [-0.2, 0) is 10.0 Å². The number of nitrogens with zero attached hydrogens (tertiary/aromatic N) is 2. The van der Waals surface area contributed by atoms with Crippen LogP contribution in [0.1, 0.15) is 19.4 Å². The number of nitrogen functional groups attached to an aromatic ring is 1. The number of halogens is 1. The lowest BCUT2D eigenvalue weighted by molar-refractivity contribution is 0.571. The molecular formula is C13H16FN3O2S. The van der Waals surface area contributed by atoms with Crippen molar-refractivity contribution in [1.82, 2.24) is 9.19 Å². The predicted molar refractivity (Wildman–Crippen MR) is 76.2 cm³/mol. The van der Waals surface area contributed by atoms with Crippen molar-refractivity contribution in [2.24, 2.45) is 0 Å². The number of hydrogen-bond acceptors (Lipinski definition) is 4. The summed E-state index contributed by atoms with van der Waals surface area (Å²) in [5, 5.41) is 3.21. The van der Waals surface area contributed by atoms with Crippen molar-refractivity contribution in [2.45, 2.75) is 26.0 Å². The molecule has 0 aliphatic carbocycles. The molecule has 5 nitrogen and oxygen atoms in total. The highest BCUT2D eigenvalue weighted by molar-refractivity contribution is 7.90. The molecule has 0 saturated heterocycles. The third-order valence-electron chi connectivity index (χ3n) is 3.16. The monoisotopic (exact) mass is 297 g/mol. The predicted octanol–water partition coefficient (Wildman–Crippen LogP) is 2.17. The molecule has 0 spiro atoms. The molecule has 0 bridgehead atoms. The minimum Gasteiger partial charge on any atom is -0.398 e. The van der Waals surface area contributed by atoms with Crippen molar-refractivity contribution in [3.8, 4) is 11.1 Å². The molecule has 2 aromatic rings. The van der Waals surface area contributed by atoms with Crippen molar-refractivity contribution in [3.63, 3.8) is 0 Å². The fourth-order valence-electron chi connectivity index (χ4n) is 1.72. The fourth-order valence-corrected chi connectivity index (χ4v) is 2.59. The molecule has 0 atom stereocenters. The molecule has 2 rings (SSSR count). The van der Waals surface area contributed by atoms with Crippen LogP contribution in [0.25, 0.3) is 11.1 Å². The normalized spacial score (nSPS) is 12.1. The molecule has 0 aliphatic heterocycles. The van der Waals surface area contributed by atoms with Gasteiger partial charge in [-0.25, -0.2) is 12.8 Å². The summed E-state index contributed by atoms with van der Waals surface area (Å²) in [4.78, 5) is 0. The highest BCUT2D eigenvalue weighted by Crippen LogP contribution is 2.27. The zero-order valence-corrected chi connectivity index (χ0v) is 12.3. The molecule has 2 N–H and O–H groups in total. The van der Waals surface area contributed by atoms with Crippen molar-refractivity contribution in [1.29, 1.82) is 0 Å². The van der Waals surface area contributed by atoms with Crippen molar-refractivity contribution in [3.05, 3.63) is 35.9 Å². The Morgan fingerprint density at radius 3 is 2.60 bits per heavy atom. The van der Waals surface area contributed by atoms with Crippen molar-refractivity contribution >= 4 is 15.7 Å². The molecule has 1 aromatic heterocycles. The second kappa shape index (κ2) is 4.90. The van der Waals surface area contributed by atoms with Crippen LogP contribution in [0.5, 0.6) is 0 Å². The molecule has 1 aromatic carbocycles. The largest absolute Gasteiger partial charge is 0.398 e. The summed E-state index contributed by atoms with van der Waals surface area (Å²) in [6.45, 7) is 4.69. The maximum absolute atomic E-state index is 14.1. The quantitative estimate of drug-likeness (QED) is 0.881.